The van der Waals surface area contributed by atoms with Crippen LogP contribution in [0.25, 0.3) is 11.3 Å². The summed E-state index contributed by atoms with van der Waals surface area (Å²) in [5.74, 6) is -1.24. The Hall–Kier alpha value is -4.67. The van der Waals surface area contributed by atoms with Crippen LogP contribution >= 0.6 is 0 Å². The van der Waals surface area contributed by atoms with E-state index in [0.717, 1.165) is 31.0 Å². The molecule has 1 aliphatic carbocycles. The molecule has 0 aliphatic heterocycles. The largest absolute Gasteiger partial charge is 0.507 e. The summed E-state index contributed by atoms with van der Waals surface area (Å²) in [5.41, 5.74) is 1.07. The van der Waals surface area contributed by atoms with Crippen molar-refractivity contribution in [3.8, 4) is 17.0 Å². The van der Waals surface area contributed by atoms with Crippen molar-refractivity contribution in [2.45, 2.75) is 31.5 Å². The first-order valence-electron chi connectivity index (χ1n) is 12.0. The fraction of sp³-hybridized carbons (Fsp3) is 0.179. The summed E-state index contributed by atoms with van der Waals surface area (Å²) in [4.78, 5) is 25.4. The minimum absolute atomic E-state index is 0.149. The van der Waals surface area contributed by atoms with Crippen molar-refractivity contribution in [1.82, 2.24) is 15.1 Å². The highest BCUT2D eigenvalue weighted by Gasteiger charge is 2.32. The lowest BCUT2D eigenvalue weighted by molar-refractivity contribution is -0.137. The first-order chi connectivity index (χ1) is 18.6. The third-order valence-corrected chi connectivity index (χ3v) is 6.27. The van der Waals surface area contributed by atoms with Crippen LogP contribution in [0.1, 0.15) is 45.9 Å². The van der Waals surface area contributed by atoms with Gasteiger partial charge in [0.1, 0.15) is 11.6 Å². The molecule has 4 aromatic rings. The quantitative estimate of drug-likeness (QED) is 0.251. The van der Waals surface area contributed by atoms with Crippen molar-refractivity contribution in [3.05, 3.63) is 101 Å². The Morgan fingerprint density at radius 1 is 1.00 bits per heavy atom. The fourth-order valence-corrected chi connectivity index (χ4v) is 4.08. The van der Waals surface area contributed by atoms with Crippen molar-refractivity contribution in [1.29, 1.82) is 0 Å². The molecule has 7 nitrogen and oxygen atoms in total. The van der Waals surface area contributed by atoms with E-state index in [1.54, 1.807) is 18.2 Å². The van der Waals surface area contributed by atoms with Gasteiger partial charge in [0.15, 0.2) is 0 Å². The maximum atomic E-state index is 13.1. The summed E-state index contributed by atoms with van der Waals surface area (Å²) in [6.45, 7) is 0.171. The van der Waals surface area contributed by atoms with Crippen LogP contribution < -0.4 is 10.6 Å². The first-order valence-corrected chi connectivity index (χ1v) is 12.0. The molecule has 0 bridgehead atoms. The van der Waals surface area contributed by atoms with Crippen molar-refractivity contribution in [3.63, 3.8) is 0 Å². The predicted octanol–water partition coefficient (Wildman–Crippen LogP) is 6.30. The summed E-state index contributed by atoms with van der Waals surface area (Å²) in [5, 5.41) is 20.3. The van der Waals surface area contributed by atoms with Crippen LogP contribution in [0.5, 0.6) is 5.75 Å². The maximum absolute atomic E-state index is 13.1. The Bertz CT molecular complexity index is 1540. The highest BCUT2D eigenvalue weighted by atomic mass is 19.4. The Labute approximate surface area is 220 Å². The Morgan fingerprint density at radius 3 is 2.41 bits per heavy atom. The van der Waals surface area contributed by atoms with E-state index >= 15 is 0 Å². The van der Waals surface area contributed by atoms with E-state index in [0.29, 0.717) is 22.5 Å². The zero-order valence-corrected chi connectivity index (χ0v) is 20.3. The number of rotatable bonds is 6. The van der Waals surface area contributed by atoms with E-state index in [4.69, 9.17) is 0 Å². The molecule has 39 heavy (non-hydrogen) atoms. The first kappa shape index (κ1) is 26.0. The minimum atomic E-state index is -4.59. The van der Waals surface area contributed by atoms with Crippen LogP contribution in [0.3, 0.4) is 0 Å². The second-order valence-corrected chi connectivity index (χ2v) is 9.19. The fourth-order valence-electron chi connectivity index (χ4n) is 4.08. The third kappa shape index (κ3) is 5.92. The SMILES string of the molecule is O=C(Nc1ccc(-c2cc(C3CC3)n(C(=O)NCc3ccc(F)cc3)n2)c(O)c1)c1cccc(C(F)(F)F)c1. The second-order valence-electron chi connectivity index (χ2n) is 9.19. The minimum Gasteiger partial charge on any atom is -0.507 e. The van der Waals surface area contributed by atoms with Crippen molar-refractivity contribution >= 4 is 17.6 Å². The van der Waals surface area contributed by atoms with Crippen LogP contribution in [0, 0.1) is 5.82 Å². The maximum Gasteiger partial charge on any atom is 0.416 e. The number of aromatic nitrogens is 2. The smallest absolute Gasteiger partial charge is 0.416 e. The number of phenols is 1. The summed E-state index contributed by atoms with van der Waals surface area (Å²) >= 11 is 0. The second kappa shape index (κ2) is 10.2. The average Bonchev–Trinajstić information content (AvgIpc) is 3.66. The lowest BCUT2D eigenvalue weighted by Gasteiger charge is -2.10. The number of aromatic hydroxyl groups is 1. The molecule has 0 saturated heterocycles. The van der Waals surface area contributed by atoms with E-state index in [1.165, 1.54) is 41.1 Å². The Balaban J connectivity index is 1.33. The Morgan fingerprint density at radius 2 is 1.74 bits per heavy atom. The van der Waals surface area contributed by atoms with Crippen molar-refractivity contribution in [2.24, 2.45) is 0 Å². The van der Waals surface area contributed by atoms with E-state index in [2.05, 4.69) is 15.7 Å². The number of halogens is 4. The standard InChI is InChI=1S/C28H22F4N4O3/c29-20-8-4-16(5-9-20)15-33-27(39)36-24(17-6-7-17)14-23(35-36)22-11-10-21(13-25(22)37)34-26(38)18-2-1-3-19(12-18)28(30,31)32/h1-5,8-14,17,37H,6-7,15H2,(H,33,39)(H,34,38). The lowest BCUT2D eigenvalue weighted by Crippen LogP contribution is -2.30. The number of hydrogen-bond donors (Lipinski definition) is 3. The van der Waals surface area contributed by atoms with Crippen LogP contribution in [-0.2, 0) is 12.7 Å². The molecule has 11 heteroatoms. The number of hydrogen-bond acceptors (Lipinski definition) is 4. The van der Waals surface area contributed by atoms with Crippen LogP contribution in [0.15, 0.2) is 72.8 Å². The van der Waals surface area contributed by atoms with Gasteiger partial charge in [0.05, 0.1) is 17.0 Å². The topological polar surface area (TPSA) is 96.3 Å². The molecule has 3 N–H and O–H groups in total. The number of nitrogens with one attached hydrogen (secondary N) is 2. The Kier molecular flexibility index (Phi) is 6.81. The highest BCUT2D eigenvalue weighted by molar-refractivity contribution is 6.04. The van der Waals surface area contributed by atoms with Crippen molar-refractivity contribution in [2.75, 3.05) is 5.32 Å². The molecule has 1 fully saturated rings. The van der Waals surface area contributed by atoms with Crippen LogP contribution in [0.2, 0.25) is 0 Å². The van der Waals surface area contributed by atoms with Gasteiger partial charge in [-0.05, 0) is 66.9 Å². The molecule has 1 saturated carbocycles. The monoisotopic (exact) mass is 538 g/mol. The molecule has 0 spiro atoms. The summed E-state index contributed by atoms with van der Waals surface area (Å²) in [6.07, 6.45) is -2.80. The molecule has 1 aliphatic rings. The molecule has 200 valence electrons. The molecule has 0 atom stereocenters. The average molecular weight is 539 g/mol. The van der Waals surface area contributed by atoms with Crippen molar-refractivity contribution < 1.29 is 32.3 Å². The zero-order valence-electron chi connectivity index (χ0n) is 20.3. The van der Waals surface area contributed by atoms with Crippen LogP contribution in [-0.4, -0.2) is 26.8 Å². The van der Waals surface area contributed by atoms with Gasteiger partial charge in [-0.15, -0.1) is 0 Å². The predicted molar refractivity (Wildman–Crippen MR) is 135 cm³/mol. The molecule has 2 amide bonds. The lowest BCUT2D eigenvalue weighted by atomic mass is 10.1. The molecular formula is C28H22F4N4O3. The number of carbonyl (C=O) groups is 2. The van der Waals surface area contributed by atoms with Gasteiger partial charge in [-0.2, -0.15) is 23.0 Å². The van der Waals surface area contributed by atoms with Crippen LogP contribution in [0.4, 0.5) is 28.0 Å². The molecule has 3 aromatic carbocycles. The molecule has 5 rings (SSSR count). The molecule has 0 radical (unpaired) electrons. The molecule has 1 heterocycles. The number of nitrogens with zero attached hydrogens (tertiary/aromatic N) is 2. The van der Waals surface area contributed by atoms with Gasteiger partial charge in [-0.3, -0.25) is 4.79 Å². The molecular weight excluding hydrogens is 516 g/mol. The number of phenolic OH excluding ortho intramolecular Hbond substituents is 1. The molecule has 1 aromatic heterocycles. The van der Waals surface area contributed by atoms with Gasteiger partial charge < -0.3 is 15.7 Å². The summed E-state index contributed by atoms with van der Waals surface area (Å²) in [7, 11) is 0. The van der Waals surface area contributed by atoms with Gasteiger partial charge in [0, 0.05) is 35.3 Å². The van der Waals surface area contributed by atoms with E-state index in [1.807, 2.05) is 0 Å². The van der Waals surface area contributed by atoms with E-state index in [9.17, 15) is 32.3 Å². The number of benzene rings is 3. The summed E-state index contributed by atoms with van der Waals surface area (Å²) in [6, 6.07) is 15.2. The highest BCUT2D eigenvalue weighted by Crippen LogP contribution is 2.42. The number of carbonyl (C=O) groups excluding carboxylic acids is 2. The molecule has 0 unspecified atom stereocenters. The van der Waals surface area contributed by atoms with E-state index in [-0.39, 0.29) is 35.3 Å². The number of alkyl halides is 3. The van der Waals surface area contributed by atoms with Gasteiger partial charge in [-0.1, -0.05) is 18.2 Å². The van der Waals surface area contributed by atoms with Gasteiger partial charge in [-0.25, -0.2) is 9.18 Å². The third-order valence-electron chi connectivity index (χ3n) is 6.27. The van der Waals surface area contributed by atoms with Gasteiger partial charge in [0.25, 0.3) is 5.91 Å². The number of amides is 2. The van der Waals surface area contributed by atoms with E-state index < -0.39 is 23.7 Å². The van der Waals surface area contributed by atoms with Gasteiger partial charge in [0.2, 0.25) is 0 Å². The number of anilines is 1. The normalized spacial score (nSPS) is 13.2. The zero-order chi connectivity index (χ0) is 27.7. The summed E-state index contributed by atoms with van der Waals surface area (Å²) < 4.78 is 53.3. The van der Waals surface area contributed by atoms with Gasteiger partial charge >= 0.3 is 12.2 Å².